The summed E-state index contributed by atoms with van der Waals surface area (Å²) in [5.41, 5.74) is 0.869. The van der Waals surface area contributed by atoms with Gasteiger partial charge in [-0.05, 0) is 50.2 Å². The minimum atomic E-state index is -0.552. The number of allylic oxidation sites excluding steroid dienone is 1. The van der Waals surface area contributed by atoms with Gasteiger partial charge in [-0.3, -0.25) is 4.79 Å². The molecule has 0 aliphatic carbocycles. The van der Waals surface area contributed by atoms with E-state index in [2.05, 4.69) is 33.8 Å². The predicted molar refractivity (Wildman–Crippen MR) is 143 cm³/mol. The van der Waals surface area contributed by atoms with Crippen LogP contribution in [0.4, 0.5) is 16.0 Å². The first kappa shape index (κ1) is 25.4. The molecule has 0 spiro atoms. The molecule has 3 aromatic heterocycles. The largest absolute Gasteiger partial charge is 0.491 e. The number of pyridine rings is 1. The molecule has 0 bridgehead atoms. The second-order valence-electron chi connectivity index (χ2n) is 9.06. The van der Waals surface area contributed by atoms with Gasteiger partial charge in [0.2, 0.25) is 11.8 Å². The molecule has 1 aliphatic rings. The van der Waals surface area contributed by atoms with Crippen molar-refractivity contribution in [1.82, 2.24) is 29.2 Å². The van der Waals surface area contributed by atoms with Crippen molar-refractivity contribution >= 4 is 22.7 Å². The van der Waals surface area contributed by atoms with Gasteiger partial charge in [-0.2, -0.15) is 9.97 Å². The summed E-state index contributed by atoms with van der Waals surface area (Å²) >= 11 is 0. The molecule has 1 saturated heterocycles. The second-order valence-corrected chi connectivity index (χ2v) is 9.06. The number of hydrogen-bond acceptors (Lipinski definition) is 8. The zero-order chi connectivity index (χ0) is 26.5. The fraction of sp³-hybridized carbons (Fsp3) is 0.333. The van der Waals surface area contributed by atoms with Crippen LogP contribution in [0.1, 0.15) is 12.8 Å². The predicted octanol–water partition coefficient (Wildman–Crippen LogP) is 3.73. The molecule has 11 heteroatoms. The van der Waals surface area contributed by atoms with Crippen LogP contribution in [-0.2, 0) is 6.54 Å². The normalized spacial score (nSPS) is 14.5. The molecule has 1 aliphatic heterocycles. The number of halogens is 1. The average molecular weight is 520 g/mol. The van der Waals surface area contributed by atoms with Crippen LogP contribution in [0.25, 0.3) is 16.9 Å². The molecular formula is C27H30FN7O3. The number of nitrogens with zero attached hydrogens (tertiary/aromatic N) is 6. The Morgan fingerprint density at radius 2 is 1.95 bits per heavy atom. The summed E-state index contributed by atoms with van der Waals surface area (Å²) in [6.07, 6.45) is 5.11. The van der Waals surface area contributed by atoms with Crippen LogP contribution in [0, 0.1) is 0 Å². The number of aromatic nitrogens is 5. The summed E-state index contributed by atoms with van der Waals surface area (Å²) < 4.78 is 27.0. The number of alkyl halides is 1. The van der Waals surface area contributed by atoms with Crippen LogP contribution in [0.15, 0.2) is 66.1 Å². The van der Waals surface area contributed by atoms with Gasteiger partial charge in [0, 0.05) is 31.0 Å². The lowest BCUT2D eigenvalue weighted by atomic mass is 10.1. The second kappa shape index (κ2) is 11.4. The van der Waals surface area contributed by atoms with E-state index < -0.39 is 6.67 Å². The van der Waals surface area contributed by atoms with Crippen molar-refractivity contribution in [2.45, 2.75) is 25.5 Å². The Hall–Kier alpha value is -4.25. The number of piperidine rings is 1. The molecule has 1 aromatic carbocycles. The minimum Gasteiger partial charge on any atom is -0.491 e. The third-order valence-electron chi connectivity index (χ3n) is 6.31. The number of rotatable bonds is 10. The van der Waals surface area contributed by atoms with Gasteiger partial charge in [-0.15, -0.1) is 6.58 Å². The molecule has 1 N–H and O–H groups in total. The number of fused-ring (bicyclic) bond motifs is 1. The zero-order valence-corrected chi connectivity index (χ0v) is 21.2. The van der Waals surface area contributed by atoms with E-state index in [4.69, 9.17) is 14.5 Å². The number of anilines is 2. The molecule has 0 atom stereocenters. The van der Waals surface area contributed by atoms with Gasteiger partial charge in [0.15, 0.2) is 11.5 Å². The molecule has 38 heavy (non-hydrogen) atoms. The molecule has 198 valence electrons. The van der Waals surface area contributed by atoms with Gasteiger partial charge in [-0.25, -0.2) is 18.7 Å². The van der Waals surface area contributed by atoms with E-state index in [1.807, 2.05) is 18.2 Å². The van der Waals surface area contributed by atoms with Crippen molar-refractivity contribution in [3.63, 3.8) is 0 Å². The van der Waals surface area contributed by atoms with Crippen LogP contribution >= 0.6 is 0 Å². The highest BCUT2D eigenvalue weighted by atomic mass is 19.1. The Labute approximate surface area is 219 Å². The standard InChI is InChI=1S/C27H30FN7O3/c1-3-14-34-26(36)22-18-29-27(30-19-7-9-20(10-8-19)37-17-13-28)32-25(22)35(34)23-5-4-6-24(31-23)38-21-11-15-33(2)16-12-21/h3-10,18,21H,1,11-17H2,2H3,(H,29,30,32). The van der Waals surface area contributed by atoms with Gasteiger partial charge >= 0.3 is 0 Å². The van der Waals surface area contributed by atoms with Crippen molar-refractivity contribution < 1.29 is 13.9 Å². The van der Waals surface area contributed by atoms with Crippen LogP contribution < -0.4 is 20.3 Å². The molecule has 5 rings (SSSR count). The Morgan fingerprint density at radius 3 is 2.68 bits per heavy atom. The summed E-state index contributed by atoms with van der Waals surface area (Å²) in [7, 11) is 2.11. The van der Waals surface area contributed by atoms with E-state index in [1.54, 1.807) is 35.0 Å². The van der Waals surface area contributed by atoms with Gasteiger partial charge in [0.1, 0.15) is 30.5 Å². The average Bonchev–Trinajstić information content (AvgIpc) is 3.20. The number of ether oxygens (including phenoxy) is 2. The SMILES string of the molecule is C=CCn1c(=O)c2cnc(Nc3ccc(OCCF)cc3)nc2n1-c1cccc(OC2CCN(C)CC2)n1. The zero-order valence-electron chi connectivity index (χ0n) is 21.2. The molecular weight excluding hydrogens is 489 g/mol. The van der Waals surface area contributed by atoms with E-state index in [1.165, 1.54) is 10.9 Å². The molecule has 0 radical (unpaired) electrons. The molecule has 10 nitrogen and oxygen atoms in total. The van der Waals surface area contributed by atoms with Crippen LogP contribution in [0.3, 0.4) is 0 Å². The number of hydrogen-bond donors (Lipinski definition) is 1. The molecule has 0 unspecified atom stereocenters. The molecule has 1 fully saturated rings. The summed E-state index contributed by atoms with van der Waals surface area (Å²) in [4.78, 5) is 29.2. The highest BCUT2D eigenvalue weighted by Crippen LogP contribution is 2.22. The van der Waals surface area contributed by atoms with Gasteiger partial charge < -0.3 is 19.7 Å². The maximum absolute atomic E-state index is 13.2. The summed E-state index contributed by atoms with van der Waals surface area (Å²) in [6, 6.07) is 12.5. The highest BCUT2D eigenvalue weighted by Gasteiger charge is 2.21. The Bertz CT molecular complexity index is 1460. The van der Waals surface area contributed by atoms with Crippen LogP contribution in [0.2, 0.25) is 0 Å². The van der Waals surface area contributed by atoms with E-state index >= 15 is 0 Å². The maximum Gasteiger partial charge on any atom is 0.278 e. The van der Waals surface area contributed by atoms with Crippen molar-refractivity contribution in [3.8, 4) is 17.4 Å². The molecule has 0 saturated carbocycles. The van der Waals surface area contributed by atoms with Crippen molar-refractivity contribution in [1.29, 1.82) is 0 Å². The van der Waals surface area contributed by atoms with Crippen molar-refractivity contribution in [3.05, 3.63) is 71.7 Å². The van der Waals surface area contributed by atoms with Crippen molar-refractivity contribution in [2.24, 2.45) is 0 Å². The lowest BCUT2D eigenvalue weighted by Gasteiger charge is -2.29. The lowest BCUT2D eigenvalue weighted by Crippen LogP contribution is -2.35. The van der Waals surface area contributed by atoms with Crippen molar-refractivity contribution in [2.75, 3.05) is 38.7 Å². The Morgan fingerprint density at radius 1 is 1.16 bits per heavy atom. The highest BCUT2D eigenvalue weighted by molar-refractivity contribution is 5.77. The topological polar surface area (TPSA) is 99.3 Å². The Balaban J connectivity index is 1.47. The number of likely N-dealkylation sites (tertiary alicyclic amines) is 1. The monoisotopic (exact) mass is 519 g/mol. The van der Waals surface area contributed by atoms with E-state index in [9.17, 15) is 9.18 Å². The van der Waals surface area contributed by atoms with E-state index in [-0.39, 0.29) is 24.8 Å². The van der Waals surface area contributed by atoms with E-state index in [0.29, 0.717) is 40.1 Å². The molecule has 4 heterocycles. The quantitative estimate of drug-likeness (QED) is 0.317. The third-order valence-corrected chi connectivity index (χ3v) is 6.31. The molecule has 0 amide bonds. The first-order chi connectivity index (χ1) is 18.6. The summed E-state index contributed by atoms with van der Waals surface area (Å²) in [5.74, 6) is 1.87. The summed E-state index contributed by atoms with van der Waals surface area (Å²) in [6.45, 7) is 5.47. The van der Waals surface area contributed by atoms with Crippen LogP contribution in [-0.4, -0.2) is 68.7 Å². The molecule has 4 aromatic rings. The van der Waals surface area contributed by atoms with E-state index in [0.717, 1.165) is 25.9 Å². The smallest absolute Gasteiger partial charge is 0.278 e. The van der Waals surface area contributed by atoms with Gasteiger partial charge in [0.05, 0.1) is 6.54 Å². The van der Waals surface area contributed by atoms with Crippen LogP contribution in [0.5, 0.6) is 11.6 Å². The maximum atomic E-state index is 13.2. The first-order valence-electron chi connectivity index (χ1n) is 12.5. The first-order valence-corrected chi connectivity index (χ1v) is 12.5. The summed E-state index contributed by atoms with van der Waals surface area (Å²) in [5, 5.41) is 3.50. The number of nitrogens with one attached hydrogen (secondary N) is 1. The fourth-order valence-corrected chi connectivity index (χ4v) is 4.39. The Kier molecular flexibility index (Phi) is 7.64. The number of benzene rings is 1. The minimum absolute atomic E-state index is 0.00402. The fourth-order valence-electron chi connectivity index (χ4n) is 4.39. The third kappa shape index (κ3) is 5.52. The van der Waals surface area contributed by atoms with Gasteiger partial charge in [0.25, 0.3) is 5.56 Å². The lowest BCUT2D eigenvalue weighted by molar-refractivity contribution is 0.110. The van der Waals surface area contributed by atoms with Gasteiger partial charge in [-0.1, -0.05) is 12.1 Å².